The lowest BCUT2D eigenvalue weighted by atomic mass is 9.86. The van der Waals surface area contributed by atoms with Crippen molar-refractivity contribution in [1.82, 2.24) is 4.90 Å². The van der Waals surface area contributed by atoms with Gasteiger partial charge in [0.2, 0.25) is 5.75 Å². The van der Waals surface area contributed by atoms with Crippen LogP contribution in [0, 0.1) is 0 Å². The molecule has 0 radical (unpaired) electrons. The topological polar surface area (TPSA) is 71.4 Å². The smallest absolute Gasteiger partial charge is 0.203 e. The van der Waals surface area contributed by atoms with Crippen LogP contribution in [0.5, 0.6) is 28.7 Å². The Bertz CT molecular complexity index is 807. The van der Waals surface area contributed by atoms with Crippen molar-refractivity contribution < 1.29 is 24.4 Å². The van der Waals surface area contributed by atoms with Crippen LogP contribution in [-0.2, 0) is 12.8 Å². The van der Waals surface area contributed by atoms with Crippen molar-refractivity contribution in [2.75, 3.05) is 33.9 Å². The van der Waals surface area contributed by atoms with Crippen LogP contribution in [0.4, 0.5) is 0 Å². The minimum absolute atomic E-state index is 0. The second-order valence-electron chi connectivity index (χ2n) is 7.34. The monoisotopic (exact) mass is 437 g/mol. The van der Waals surface area contributed by atoms with Gasteiger partial charge in [-0.2, -0.15) is 0 Å². The number of para-hydroxylation sites is 1. The molecule has 0 aliphatic heterocycles. The van der Waals surface area contributed by atoms with Gasteiger partial charge in [-0.3, -0.25) is 4.90 Å². The van der Waals surface area contributed by atoms with Gasteiger partial charge in [-0.05, 0) is 56.0 Å². The van der Waals surface area contributed by atoms with Gasteiger partial charge < -0.3 is 24.4 Å². The number of fused-ring (bicyclic) bond motifs is 1. The van der Waals surface area contributed by atoms with Gasteiger partial charge in [0.1, 0.15) is 6.61 Å². The number of phenols is 2. The second-order valence-corrected chi connectivity index (χ2v) is 7.34. The van der Waals surface area contributed by atoms with Gasteiger partial charge in [0.05, 0.1) is 14.2 Å². The summed E-state index contributed by atoms with van der Waals surface area (Å²) in [5.74, 6) is 1.95. The summed E-state index contributed by atoms with van der Waals surface area (Å²) in [4.78, 5) is 2.45. The van der Waals surface area contributed by atoms with E-state index in [4.69, 9.17) is 14.2 Å². The van der Waals surface area contributed by atoms with E-state index in [0.29, 0.717) is 29.9 Å². The van der Waals surface area contributed by atoms with Crippen molar-refractivity contribution in [3.8, 4) is 28.7 Å². The summed E-state index contributed by atoms with van der Waals surface area (Å²) < 4.78 is 16.9. The molecule has 1 aliphatic rings. The SMILES string of the molecule is CCCN(CCOc1c(OC)cccc1OC)C1CCc2c(ccc(O)c2O)C1.Cl. The van der Waals surface area contributed by atoms with Crippen molar-refractivity contribution in [2.45, 2.75) is 38.6 Å². The van der Waals surface area contributed by atoms with Crippen LogP contribution < -0.4 is 14.2 Å². The van der Waals surface area contributed by atoms with E-state index in [9.17, 15) is 10.2 Å². The van der Waals surface area contributed by atoms with E-state index < -0.39 is 0 Å². The number of ether oxygens (including phenoxy) is 3. The molecule has 3 rings (SSSR count). The van der Waals surface area contributed by atoms with Crippen LogP contribution in [-0.4, -0.2) is 55.1 Å². The first-order valence-electron chi connectivity index (χ1n) is 10.2. The van der Waals surface area contributed by atoms with Gasteiger partial charge in [-0.15, -0.1) is 12.4 Å². The zero-order valence-electron chi connectivity index (χ0n) is 17.9. The van der Waals surface area contributed by atoms with E-state index in [2.05, 4.69) is 11.8 Å². The minimum atomic E-state index is -0.0354. The summed E-state index contributed by atoms with van der Waals surface area (Å²) in [6.07, 6.45) is 3.63. The lowest BCUT2D eigenvalue weighted by Crippen LogP contribution is -2.42. The molecule has 30 heavy (non-hydrogen) atoms. The highest BCUT2D eigenvalue weighted by Gasteiger charge is 2.26. The third-order valence-electron chi connectivity index (χ3n) is 5.58. The number of hydrogen-bond acceptors (Lipinski definition) is 6. The van der Waals surface area contributed by atoms with Gasteiger partial charge >= 0.3 is 0 Å². The molecule has 6 nitrogen and oxygen atoms in total. The predicted octanol–water partition coefficient (Wildman–Crippen LogP) is 4.19. The molecule has 0 spiro atoms. The Balaban J connectivity index is 0.00000320. The molecule has 2 aromatic rings. The Kier molecular flexibility index (Phi) is 8.93. The van der Waals surface area contributed by atoms with Crippen molar-refractivity contribution in [2.24, 2.45) is 0 Å². The molecular weight excluding hydrogens is 406 g/mol. The third-order valence-corrected chi connectivity index (χ3v) is 5.58. The van der Waals surface area contributed by atoms with Crippen LogP contribution in [0.1, 0.15) is 30.9 Å². The summed E-state index contributed by atoms with van der Waals surface area (Å²) in [6, 6.07) is 9.49. The van der Waals surface area contributed by atoms with Crippen LogP contribution in [0.3, 0.4) is 0 Å². The molecule has 2 aromatic carbocycles. The summed E-state index contributed by atoms with van der Waals surface area (Å²) in [6.45, 7) is 4.48. The molecule has 7 heteroatoms. The molecule has 0 saturated carbocycles. The van der Waals surface area contributed by atoms with Crippen LogP contribution >= 0.6 is 12.4 Å². The predicted molar refractivity (Wildman–Crippen MR) is 120 cm³/mol. The fraction of sp³-hybridized carbons (Fsp3) is 0.478. The Hall–Kier alpha value is -2.31. The molecule has 1 aliphatic carbocycles. The number of nitrogens with zero attached hydrogens (tertiary/aromatic N) is 1. The molecular formula is C23H32ClNO5. The van der Waals surface area contributed by atoms with Gasteiger partial charge in [0.15, 0.2) is 23.0 Å². The molecule has 2 N–H and O–H groups in total. The Morgan fingerprint density at radius 2 is 1.73 bits per heavy atom. The lowest BCUT2D eigenvalue weighted by molar-refractivity contribution is 0.144. The van der Waals surface area contributed by atoms with E-state index in [1.807, 2.05) is 24.3 Å². The van der Waals surface area contributed by atoms with Gasteiger partial charge in [-0.1, -0.05) is 19.1 Å². The van der Waals surface area contributed by atoms with Gasteiger partial charge in [0.25, 0.3) is 0 Å². The van der Waals surface area contributed by atoms with E-state index in [-0.39, 0.29) is 23.9 Å². The average Bonchev–Trinajstić information content (AvgIpc) is 2.75. The van der Waals surface area contributed by atoms with Crippen molar-refractivity contribution in [3.63, 3.8) is 0 Å². The van der Waals surface area contributed by atoms with Crippen molar-refractivity contribution >= 4 is 12.4 Å². The highest BCUT2D eigenvalue weighted by atomic mass is 35.5. The highest BCUT2D eigenvalue weighted by molar-refractivity contribution is 5.85. The molecule has 0 aromatic heterocycles. The van der Waals surface area contributed by atoms with E-state index in [1.165, 1.54) is 0 Å². The third kappa shape index (κ3) is 5.24. The Morgan fingerprint density at radius 3 is 2.37 bits per heavy atom. The molecule has 0 amide bonds. The number of rotatable bonds is 9. The first-order chi connectivity index (χ1) is 14.1. The fourth-order valence-corrected chi connectivity index (χ4v) is 4.10. The van der Waals surface area contributed by atoms with Crippen LogP contribution in [0.15, 0.2) is 30.3 Å². The van der Waals surface area contributed by atoms with Crippen LogP contribution in [0.25, 0.3) is 0 Å². The minimum Gasteiger partial charge on any atom is -0.504 e. The number of aromatic hydroxyl groups is 2. The fourth-order valence-electron chi connectivity index (χ4n) is 4.10. The average molecular weight is 438 g/mol. The normalized spacial score (nSPS) is 15.3. The summed E-state index contributed by atoms with van der Waals surface area (Å²) in [5.41, 5.74) is 2.00. The van der Waals surface area contributed by atoms with Crippen molar-refractivity contribution in [1.29, 1.82) is 0 Å². The van der Waals surface area contributed by atoms with Gasteiger partial charge in [0, 0.05) is 18.2 Å². The summed E-state index contributed by atoms with van der Waals surface area (Å²) in [5, 5.41) is 19.9. The molecule has 0 saturated heterocycles. The molecule has 0 fully saturated rings. The maximum Gasteiger partial charge on any atom is 0.203 e. The Morgan fingerprint density at radius 1 is 1.03 bits per heavy atom. The first-order valence-corrected chi connectivity index (χ1v) is 10.2. The maximum atomic E-state index is 10.1. The lowest BCUT2D eigenvalue weighted by Gasteiger charge is -2.35. The van der Waals surface area contributed by atoms with E-state index in [0.717, 1.165) is 49.9 Å². The first kappa shape index (κ1) is 24.0. The Labute approximate surface area is 184 Å². The molecule has 0 bridgehead atoms. The van der Waals surface area contributed by atoms with Crippen LogP contribution in [0.2, 0.25) is 0 Å². The number of halogens is 1. The number of hydrogen-bond donors (Lipinski definition) is 2. The van der Waals surface area contributed by atoms with Crippen molar-refractivity contribution in [3.05, 3.63) is 41.5 Å². The quantitative estimate of drug-likeness (QED) is 0.573. The standard InChI is InChI=1S/C23H31NO5.ClH/c1-4-12-24(13-14-29-23-20(27-2)6-5-7-21(23)28-3)17-9-10-18-16(15-17)8-11-19(25)22(18)26;/h5-8,11,17,25-26H,4,9-10,12-15H2,1-3H3;1H. The zero-order valence-corrected chi connectivity index (χ0v) is 18.7. The molecule has 166 valence electrons. The summed E-state index contributed by atoms with van der Waals surface area (Å²) in [7, 11) is 3.25. The molecule has 0 heterocycles. The van der Waals surface area contributed by atoms with E-state index in [1.54, 1.807) is 20.3 Å². The molecule has 1 atom stereocenters. The van der Waals surface area contributed by atoms with Gasteiger partial charge in [-0.25, -0.2) is 0 Å². The number of methoxy groups -OCH3 is 2. The highest BCUT2D eigenvalue weighted by Crippen LogP contribution is 2.38. The molecule has 1 unspecified atom stereocenters. The largest absolute Gasteiger partial charge is 0.504 e. The number of phenolic OH excluding ortho intramolecular Hbond substituents is 2. The second kappa shape index (κ2) is 11.2. The summed E-state index contributed by atoms with van der Waals surface area (Å²) >= 11 is 0. The van der Waals surface area contributed by atoms with E-state index >= 15 is 0 Å². The number of benzene rings is 2. The maximum absolute atomic E-state index is 10.1. The zero-order chi connectivity index (χ0) is 20.8.